The number of halogens is 1. The zero-order valence-electron chi connectivity index (χ0n) is 21.4. The summed E-state index contributed by atoms with van der Waals surface area (Å²) in [6.07, 6.45) is 2.74. The summed E-state index contributed by atoms with van der Waals surface area (Å²) >= 11 is 0. The van der Waals surface area contributed by atoms with Crippen LogP contribution in [0.2, 0.25) is 0 Å². The highest BCUT2D eigenvalue weighted by atomic mass is 32.2. The fourth-order valence-corrected chi connectivity index (χ4v) is 5.21. The van der Waals surface area contributed by atoms with Gasteiger partial charge in [-0.2, -0.15) is 9.65 Å². The standard InChI is InChI=1S/C27H33FN4O5S/c1-2-4-25(31-27(33)22(20-29)19-23-5-3-6-26(28)30-23)21-7-9-24(10-8-21)37-16-15-36-14-11-32-12-17-38(34,35)18-13-32/h3,5-10,19,25H,2,4,11-18H2,1H3,(H,31,33). The van der Waals surface area contributed by atoms with E-state index >= 15 is 0 Å². The SMILES string of the molecule is CCCC(NC(=O)C(C#N)=Cc1cccc(F)n1)c1ccc(OCCOCCN2CCS(=O)(=O)CC2)cc1. The summed E-state index contributed by atoms with van der Waals surface area (Å²) in [5, 5.41) is 12.3. The van der Waals surface area contributed by atoms with Crippen molar-refractivity contribution < 1.29 is 27.1 Å². The van der Waals surface area contributed by atoms with Crippen molar-refractivity contribution in [1.29, 1.82) is 5.26 Å². The molecule has 1 atom stereocenters. The molecule has 1 aliphatic heterocycles. The predicted octanol–water partition coefficient (Wildman–Crippen LogP) is 2.91. The van der Waals surface area contributed by atoms with Gasteiger partial charge in [0, 0.05) is 19.6 Å². The molecule has 1 saturated heterocycles. The number of aromatic nitrogens is 1. The number of rotatable bonds is 13. The van der Waals surface area contributed by atoms with Crippen LogP contribution in [0.15, 0.2) is 48.0 Å². The van der Waals surface area contributed by atoms with Crippen LogP contribution in [0, 0.1) is 17.3 Å². The molecule has 0 radical (unpaired) electrons. The van der Waals surface area contributed by atoms with Gasteiger partial charge in [0.1, 0.15) is 24.0 Å². The van der Waals surface area contributed by atoms with Crippen molar-refractivity contribution >= 4 is 21.8 Å². The number of nitriles is 1. The highest BCUT2D eigenvalue weighted by Crippen LogP contribution is 2.22. The molecule has 3 rings (SSSR count). The van der Waals surface area contributed by atoms with Crippen molar-refractivity contribution in [2.75, 3.05) is 51.0 Å². The molecule has 1 amide bonds. The van der Waals surface area contributed by atoms with Crippen LogP contribution < -0.4 is 10.1 Å². The molecular weight excluding hydrogens is 511 g/mol. The first kappa shape index (κ1) is 29.2. The number of carbonyl (C=O) groups excluding carboxylic acids is 1. The van der Waals surface area contributed by atoms with Crippen molar-refractivity contribution in [2.24, 2.45) is 0 Å². The number of nitrogens with one attached hydrogen (secondary N) is 1. The van der Waals surface area contributed by atoms with Crippen molar-refractivity contribution in [2.45, 2.75) is 25.8 Å². The third-order valence-electron chi connectivity index (χ3n) is 6.04. The first-order valence-electron chi connectivity index (χ1n) is 12.6. The number of carbonyl (C=O) groups is 1. The molecule has 38 heavy (non-hydrogen) atoms. The molecule has 2 heterocycles. The molecule has 1 aromatic heterocycles. The lowest BCUT2D eigenvalue weighted by atomic mass is 10.0. The number of benzene rings is 1. The van der Waals surface area contributed by atoms with Crippen molar-refractivity contribution in [3.63, 3.8) is 0 Å². The summed E-state index contributed by atoms with van der Waals surface area (Å²) < 4.78 is 47.6. The molecule has 1 N–H and O–H groups in total. The Labute approximate surface area is 223 Å². The minimum atomic E-state index is -2.87. The number of nitrogens with zero attached hydrogens (tertiary/aromatic N) is 3. The highest BCUT2D eigenvalue weighted by molar-refractivity contribution is 7.91. The van der Waals surface area contributed by atoms with Crippen molar-refractivity contribution in [3.05, 3.63) is 65.2 Å². The Morgan fingerprint density at radius 1 is 1.18 bits per heavy atom. The lowest BCUT2D eigenvalue weighted by molar-refractivity contribution is -0.117. The first-order valence-corrected chi connectivity index (χ1v) is 14.4. The van der Waals surface area contributed by atoms with Crippen LogP contribution in [0.4, 0.5) is 4.39 Å². The summed E-state index contributed by atoms with van der Waals surface area (Å²) in [5.41, 5.74) is 0.902. The van der Waals surface area contributed by atoms with Gasteiger partial charge in [0.25, 0.3) is 5.91 Å². The maximum Gasteiger partial charge on any atom is 0.262 e. The Morgan fingerprint density at radius 2 is 1.92 bits per heavy atom. The van der Waals surface area contributed by atoms with Gasteiger partial charge in [-0.1, -0.05) is 31.5 Å². The minimum absolute atomic E-state index is 0.158. The number of pyridine rings is 1. The summed E-state index contributed by atoms with van der Waals surface area (Å²) in [6.45, 7) is 5.07. The summed E-state index contributed by atoms with van der Waals surface area (Å²) in [7, 11) is -2.87. The Bertz CT molecular complexity index is 1230. The average molecular weight is 545 g/mol. The Hall–Kier alpha value is -3.33. The minimum Gasteiger partial charge on any atom is -0.491 e. The van der Waals surface area contributed by atoms with Crippen LogP contribution in [0.5, 0.6) is 5.75 Å². The van der Waals surface area contributed by atoms with E-state index in [2.05, 4.69) is 15.2 Å². The Morgan fingerprint density at radius 3 is 2.58 bits per heavy atom. The monoisotopic (exact) mass is 544 g/mol. The quantitative estimate of drug-likeness (QED) is 0.177. The normalized spacial score (nSPS) is 16.4. The van der Waals surface area contributed by atoms with Gasteiger partial charge in [-0.15, -0.1) is 0 Å². The zero-order valence-corrected chi connectivity index (χ0v) is 22.3. The highest BCUT2D eigenvalue weighted by Gasteiger charge is 2.21. The molecule has 0 saturated carbocycles. The van der Waals surface area contributed by atoms with Crippen LogP contribution in [-0.2, 0) is 19.4 Å². The molecule has 9 nitrogen and oxygen atoms in total. The molecule has 2 aromatic rings. The smallest absolute Gasteiger partial charge is 0.262 e. The van der Waals surface area contributed by atoms with E-state index < -0.39 is 21.7 Å². The van der Waals surface area contributed by atoms with E-state index in [1.54, 1.807) is 0 Å². The predicted molar refractivity (Wildman–Crippen MR) is 141 cm³/mol. The van der Waals surface area contributed by atoms with E-state index in [0.717, 1.165) is 12.0 Å². The van der Waals surface area contributed by atoms with E-state index in [9.17, 15) is 22.9 Å². The Kier molecular flexibility index (Phi) is 11.2. The van der Waals surface area contributed by atoms with E-state index in [1.165, 1.54) is 24.3 Å². The fourth-order valence-electron chi connectivity index (χ4n) is 3.93. The second-order valence-electron chi connectivity index (χ2n) is 8.89. The van der Waals surface area contributed by atoms with Crippen LogP contribution in [0.1, 0.15) is 37.1 Å². The lowest BCUT2D eigenvalue weighted by Crippen LogP contribution is -2.41. The summed E-state index contributed by atoms with van der Waals surface area (Å²) in [4.78, 5) is 18.5. The number of sulfone groups is 1. The van der Waals surface area contributed by atoms with Crippen molar-refractivity contribution in [3.8, 4) is 11.8 Å². The van der Waals surface area contributed by atoms with Crippen molar-refractivity contribution in [1.82, 2.24) is 15.2 Å². The van der Waals surface area contributed by atoms with Crippen LogP contribution in [0.25, 0.3) is 6.08 Å². The maximum atomic E-state index is 13.4. The molecule has 0 aliphatic carbocycles. The molecule has 1 aromatic carbocycles. The van der Waals surface area contributed by atoms with Gasteiger partial charge >= 0.3 is 0 Å². The third-order valence-corrected chi connectivity index (χ3v) is 7.65. The van der Waals surface area contributed by atoms with Gasteiger partial charge in [-0.3, -0.25) is 9.69 Å². The van der Waals surface area contributed by atoms with Gasteiger partial charge in [0.05, 0.1) is 36.5 Å². The second-order valence-corrected chi connectivity index (χ2v) is 11.2. The van der Waals surface area contributed by atoms with E-state index in [1.807, 2.05) is 37.3 Å². The largest absolute Gasteiger partial charge is 0.491 e. The maximum absolute atomic E-state index is 13.4. The van der Waals surface area contributed by atoms with E-state index in [4.69, 9.17) is 9.47 Å². The van der Waals surface area contributed by atoms with Gasteiger partial charge < -0.3 is 14.8 Å². The lowest BCUT2D eigenvalue weighted by Gasteiger charge is -2.26. The molecule has 11 heteroatoms. The van der Waals surface area contributed by atoms with E-state index in [0.29, 0.717) is 51.6 Å². The topological polar surface area (TPSA) is 122 Å². The number of hydrogen-bond donors (Lipinski definition) is 1. The second kappa shape index (κ2) is 14.6. The van der Waals surface area contributed by atoms with Gasteiger partial charge in [0.15, 0.2) is 9.84 Å². The number of amides is 1. The fraction of sp³-hybridized carbons (Fsp3) is 0.444. The molecule has 1 aliphatic rings. The Balaban J connectivity index is 1.45. The number of ether oxygens (including phenoxy) is 2. The molecular formula is C27H33FN4O5S. The first-order chi connectivity index (χ1) is 18.3. The molecule has 1 unspecified atom stereocenters. The summed E-state index contributed by atoms with van der Waals surface area (Å²) in [5.74, 6) is -0.170. The van der Waals surface area contributed by atoms with Gasteiger partial charge in [-0.05, 0) is 42.3 Å². The molecule has 1 fully saturated rings. The molecule has 0 bridgehead atoms. The zero-order chi connectivity index (χ0) is 27.4. The summed E-state index contributed by atoms with van der Waals surface area (Å²) in [6, 6.07) is 13.1. The average Bonchev–Trinajstić information content (AvgIpc) is 2.90. The van der Waals surface area contributed by atoms with Gasteiger partial charge in [0.2, 0.25) is 5.95 Å². The van der Waals surface area contributed by atoms with Crippen LogP contribution in [-0.4, -0.2) is 75.2 Å². The van der Waals surface area contributed by atoms with Crippen LogP contribution >= 0.6 is 0 Å². The third kappa shape index (κ3) is 9.52. The molecule has 204 valence electrons. The van der Waals surface area contributed by atoms with E-state index in [-0.39, 0.29) is 28.8 Å². The van der Waals surface area contributed by atoms with Gasteiger partial charge in [-0.25, -0.2) is 13.4 Å². The molecule has 0 spiro atoms. The number of hydrogen-bond acceptors (Lipinski definition) is 8. The van der Waals surface area contributed by atoms with Crippen LogP contribution in [0.3, 0.4) is 0 Å².